The number of benzene rings is 1. The highest BCUT2D eigenvalue weighted by Crippen LogP contribution is 2.43. The van der Waals surface area contributed by atoms with Crippen LogP contribution in [0.1, 0.15) is 43.4 Å². The smallest absolute Gasteiger partial charge is 0.335 e. The Morgan fingerprint density at radius 1 is 1.30 bits per heavy atom. The van der Waals surface area contributed by atoms with Crippen LogP contribution in [-0.4, -0.2) is 30.2 Å². The maximum absolute atomic E-state index is 12.8. The van der Waals surface area contributed by atoms with Crippen LogP contribution in [0.5, 0.6) is 0 Å². The molecule has 0 amide bonds. The molecule has 1 atom stereocenters. The molecule has 0 saturated heterocycles. The summed E-state index contributed by atoms with van der Waals surface area (Å²) in [5, 5.41) is 11.2. The van der Waals surface area contributed by atoms with Gasteiger partial charge in [-0.05, 0) is 62.9 Å². The molecule has 1 saturated carbocycles. The molecule has 3 aromatic rings. The molecule has 1 N–H and O–H groups in total. The van der Waals surface area contributed by atoms with Crippen molar-refractivity contribution in [2.45, 2.75) is 56.3 Å². The van der Waals surface area contributed by atoms with Gasteiger partial charge in [-0.25, -0.2) is 8.42 Å². The van der Waals surface area contributed by atoms with E-state index in [2.05, 4.69) is 11.1 Å². The van der Waals surface area contributed by atoms with Gasteiger partial charge >= 0.3 is 6.18 Å². The Morgan fingerprint density at radius 3 is 2.52 bits per heavy atom. The Bertz CT molecular complexity index is 1370. The fourth-order valence-corrected chi connectivity index (χ4v) is 5.21. The summed E-state index contributed by atoms with van der Waals surface area (Å²) in [5.74, 6) is 0. The summed E-state index contributed by atoms with van der Waals surface area (Å²) >= 11 is 6.36. The van der Waals surface area contributed by atoms with Crippen molar-refractivity contribution in [3.05, 3.63) is 46.6 Å². The van der Waals surface area contributed by atoms with Crippen molar-refractivity contribution in [2.75, 3.05) is 0 Å². The van der Waals surface area contributed by atoms with Crippen molar-refractivity contribution < 1.29 is 21.6 Å². The summed E-state index contributed by atoms with van der Waals surface area (Å²) in [7, 11) is -4.43. The number of aromatic nitrogens is 2. The Labute approximate surface area is 194 Å². The zero-order valence-electron chi connectivity index (χ0n) is 17.7. The first kappa shape index (κ1) is 23.5. The van der Waals surface area contributed by atoms with E-state index in [4.69, 9.17) is 11.6 Å². The second-order valence-electron chi connectivity index (χ2n) is 8.17. The zero-order chi connectivity index (χ0) is 24.1. The first-order chi connectivity index (χ1) is 15.4. The van der Waals surface area contributed by atoms with Crippen molar-refractivity contribution >= 4 is 32.5 Å². The molecule has 174 valence electrons. The van der Waals surface area contributed by atoms with E-state index in [1.54, 1.807) is 4.72 Å². The van der Waals surface area contributed by atoms with Crippen molar-refractivity contribution in [1.82, 2.24) is 14.3 Å². The van der Waals surface area contributed by atoms with Crippen LogP contribution in [0.2, 0.25) is 5.02 Å². The number of alkyl halides is 3. The van der Waals surface area contributed by atoms with Crippen molar-refractivity contribution in [1.29, 1.82) is 5.26 Å². The summed E-state index contributed by atoms with van der Waals surface area (Å²) in [4.78, 5) is 3.83. The first-order valence-corrected chi connectivity index (χ1v) is 12.1. The fourth-order valence-electron chi connectivity index (χ4n) is 3.87. The van der Waals surface area contributed by atoms with Crippen LogP contribution >= 0.6 is 11.6 Å². The molecule has 33 heavy (non-hydrogen) atoms. The average Bonchev–Trinajstić information content (AvgIpc) is 2.99. The van der Waals surface area contributed by atoms with E-state index in [1.165, 1.54) is 12.1 Å². The molecule has 0 bridgehead atoms. The maximum atomic E-state index is 12.8. The van der Waals surface area contributed by atoms with Crippen LogP contribution in [0.25, 0.3) is 22.3 Å². The van der Waals surface area contributed by atoms with E-state index < -0.39 is 27.1 Å². The number of nitrogens with zero attached hydrogens (tertiary/aromatic N) is 3. The Morgan fingerprint density at radius 2 is 2.00 bits per heavy atom. The van der Waals surface area contributed by atoms with E-state index >= 15 is 0 Å². The predicted molar refractivity (Wildman–Crippen MR) is 118 cm³/mol. The van der Waals surface area contributed by atoms with E-state index in [-0.39, 0.29) is 6.04 Å². The van der Waals surface area contributed by atoms with Crippen LogP contribution in [0, 0.1) is 18.3 Å². The van der Waals surface area contributed by atoms with Gasteiger partial charge in [0.05, 0.1) is 22.5 Å². The lowest BCUT2D eigenvalue weighted by Crippen LogP contribution is -2.42. The molecule has 0 aliphatic heterocycles. The lowest BCUT2D eigenvalue weighted by molar-refractivity contribution is -0.147. The van der Waals surface area contributed by atoms with Crippen LogP contribution in [-0.2, 0) is 10.0 Å². The number of hydrogen-bond acceptors (Lipinski definition) is 4. The highest BCUT2D eigenvalue weighted by molar-refractivity contribution is 7.89. The fraction of sp³-hybridized carbons (Fsp3) is 0.364. The van der Waals surface area contributed by atoms with Crippen molar-refractivity contribution in [3.8, 4) is 17.5 Å². The second-order valence-corrected chi connectivity index (χ2v) is 10.3. The van der Waals surface area contributed by atoms with E-state index in [0.29, 0.717) is 22.0 Å². The summed E-state index contributed by atoms with van der Waals surface area (Å²) in [6, 6.07) is 6.39. The van der Waals surface area contributed by atoms with Gasteiger partial charge in [-0.3, -0.25) is 4.98 Å². The third-order valence-corrected chi connectivity index (χ3v) is 7.88. The molecule has 2 heterocycles. The van der Waals surface area contributed by atoms with Gasteiger partial charge in [-0.2, -0.15) is 23.2 Å². The van der Waals surface area contributed by atoms with Crippen LogP contribution in [0.3, 0.4) is 0 Å². The average molecular weight is 497 g/mol. The maximum Gasteiger partial charge on any atom is 0.404 e. The van der Waals surface area contributed by atoms with E-state index in [0.717, 1.165) is 48.8 Å². The Balaban J connectivity index is 1.82. The molecule has 6 nitrogen and oxygen atoms in total. The normalized spacial score (nSPS) is 15.9. The highest BCUT2D eigenvalue weighted by atomic mass is 35.5. The lowest BCUT2D eigenvalue weighted by Gasteiger charge is -2.30. The van der Waals surface area contributed by atoms with Gasteiger partial charge in [-0.15, -0.1) is 0 Å². The summed E-state index contributed by atoms with van der Waals surface area (Å²) in [5.41, 5.74) is 2.90. The number of pyridine rings is 1. The lowest BCUT2D eigenvalue weighted by atomic mass is 9.92. The minimum atomic E-state index is -4.72. The summed E-state index contributed by atoms with van der Waals surface area (Å²) in [6.45, 7) is 2.57. The number of rotatable bonds is 5. The molecule has 1 aromatic carbocycles. The standard InChI is InChI=1S/C22H20ClF3N4O2S/c1-12-8-16-17(10-27)21(30(14-4-3-5-14)20(16)9-18(12)23)19-7-6-15(11-28-19)33(31,32)29-13(2)22(24,25)26/h6-9,11,13-14,29H,3-5H2,1-2H3/t13-/m1/s1. The number of halogens is 4. The molecule has 0 spiro atoms. The summed E-state index contributed by atoms with van der Waals surface area (Å²) < 4.78 is 66.8. The molecule has 0 radical (unpaired) electrons. The number of nitriles is 1. The topological polar surface area (TPSA) is 87.8 Å². The molecule has 1 aliphatic rings. The van der Waals surface area contributed by atoms with Crippen LogP contribution < -0.4 is 4.72 Å². The van der Waals surface area contributed by atoms with Crippen molar-refractivity contribution in [3.63, 3.8) is 0 Å². The molecule has 11 heteroatoms. The highest BCUT2D eigenvalue weighted by Gasteiger charge is 2.39. The van der Waals surface area contributed by atoms with E-state index in [9.17, 15) is 26.9 Å². The van der Waals surface area contributed by atoms with E-state index in [1.807, 2.05) is 23.6 Å². The molecule has 4 rings (SSSR count). The third-order valence-electron chi connectivity index (χ3n) is 5.95. The number of nitrogens with one attached hydrogen (secondary N) is 1. The molecule has 2 aromatic heterocycles. The zero-order valence-corrected chi connectivity index (χ0v) is 19.3. The van der Waals surface area contributed by atoms with Crippen LogP contribution in [0.15, 0.2) is 35.4 Å². The molecule has 1 fully saturated rings. The van der Waals surface area contributed by atoms with Crippen LogP contribution in [0.4, 0.5) is 13.2 Å². The number of fused-ring (bicyclic) bond motifs is 1. The second kappa shape index (κ2) is 8.31. The van der Waals surface area contributed by atoms with Gasteiger partial charge in [0.15, 0.2) is 0 Å². The Kier molecular flexibility index (Phi) is 5.93. The predicted octanol–water partition coefficient (Wildman–Crippen LogP) is 5.49. The van der Waals surface area contributed by atoms with Gasteiger partial charge in [0.2, 0.25) is 10.0 Å². The van der Waals surface area contributed by atoms with Gasteiger partial charge in [0.25, 0.3) is 0 Å². The number of hydrogen-bond donors (Lipinski definition) is 1. The monoisotopic (exact) mass is 496 g/mol. The van der Waals surface area contributed by atoms with Gasteiger partial charge < -0.3 is 4.57 Å². The van der Waals surface area contributed by atoms with Gasteiger partial charge in [0.1, 0.15) is 17.0 Å². The third kappa shape index (κ3) is 4.21. The first-order valence-electron chi connectivity index (χ1n) is 10.2. The SMILES string of the molecule is Cc1cc2c(C#N)c(-c3ccc(S(=O)(=O)N[C@H](C)C(F)(F)F)cn3)n(C3CCC3)c2cc1Cl. The van der Waals surface area contributed by atoms with Crippen molar-refractivity contribution in [2.24, 2.45) is 0 Å². The molecule has 0 unspecified atom stereocenters. The number of sulfonamides is 1. The summed E-state index contributed by atoms with van der Waals surface area (Å²) in [6.07, 6.45) is -0.842. The minimum Gasteiger partial charge on any atom is -0.335 e. The molecule has 1 aliphatic carbocycles. The van der Waals surface area contributed by atoms with Gasteiger partial charge in [0, 0.05) is 22.6 Å². The minimum absolute atomic E-state index is 0.142. The quantitative estimate of drug-likeness (QED) is 0.506. The number of aryl methyl sites for hydroxylation is 1. The van der Waals surface area contributed by atoms with Gasteiger partial charge in [-0.1, -0.05) is 11.6 Å². The largest absolute Gasteiger partial charge is 0.404 e. The molecular weight excluding hydrogens is 477 g/mol. The Hall–Kier alpha value is -2.61. The molecular formula is C22H20ClF3N4O2S.